The summed E-state index contributed by atoms with van der Waals surface area (Å²) in [6, 6.07) is 4.99. The minimum Gasteiger partial charge on any atom is -0.495 e. The standard InChI is InChI=1S/C15H22N2O4/c1-4-5-11(14(18)19)9-16-15(20)17-12-8-10(2)6-7-13(12)21-3/h6-8,11H,4-5,9H2,1-3H3,(H,18,19)(H2,16,17,20). The predicted molar refractivity (Wildman–Crippen MR) is 80.8 cm³/mol. The van der Waals surface area contributed by atoms with E-state index in [1.165, 1.54) is 7.11 Å². The number of carboxylic acids is 1. The van der Waals surface area contributed by atoms with Gasteiger partial charge < -0.3 is 20.5 Å². The molecule has 1 atom stereocenters. The molecule has 0 saturated heterocycles. The number of hydrogen-bond donors (Lipinski definition) is 3. The van der Waals surface area contributed by atoms with Crippen molar-refractivity contribution in [2.24, 2.45) is 5.92 Å². The van der Waals surface area contributed by atoms with Gasteiger partial charge in [-0.25, -0.2) is 4.79 Å². The highest BCUT2D eigenvalue weighted by molar-refractivity contribution is 5.91. The van der Waals surface area contributed by atoms with Crippen LogP contribution in [0.3, 0.4) is 0 Å². The molecule has 1 aromatic rings. The molecule has 2 amide bonds. The summed E-state index contributed by atoms with van der Waals surface area (Å²) in [5, 5.41) is 14.3. The minimum atomic E-state index is -0.898. The number of carboxylic acid groups (broad SMARTS) is 1. The quantitative estimate of drug-likeness (QED) is 0.721. The molecule has 0 radical (unpaired) electrons. The van der Waals surface area contributed by atoms with E-state index in [2.05, 4.69) is 10.6 Å². The lowest BCUT2D eigenvalue weighted by Crippen LogP contribution is -2.35. The number of aryl methyl sites for hydroxylation is 1. The monoisotopic (exact) mass is 294 g/mol. The van der Waals surface area contributed by atoms with Crippen molar-refractivity contribution < 1.29 is 19.4 Å². The molecule has 3 N–H and O–H groups in total. The summed E-state index contributed by atoms with van der Waals surface area (Å²) >= 11 is 0. The fourth-order valence-corrected chi connectivity index (χ4v) is 1.96. The number of nitrogens with one attached hydrogen (secondary N) is 2. The zero-order valence-corrected chi connectivity index (χ0v) is 12.6. The van der Waals surface area contributed by atoms with Crippen LogP contribution in [0.1, 0.15) is 25.3 Å². The van der Waals surface area contributed by atoms with Crippen molar-refractivity contribution in [3.63, 3.8) is 0 Å². The van der Waals surface area contributed by atoms with Crippen LogP contribution in [0.15, 0.2) is 18.2 Å². The fraction of sp³-hybridized carbons (Fsp3) is 0.467. The van der Waals surface area contributed by atoms with Crippen LogP contribution in [0.25, 0.3) is 0 Å². The molecule has 6 heteroatoms. The summed E-state index contributed by atoms with van der Waals surface area (Å²) < 4.78 is 5.17. The zero-order chi connectivity index (χ0) is 15.8. The molecule has 1 rings (SSSR count). The molecule has 0 saturated carbocycles. The first kappa shape index (κ1) is 16.8. The predicted octanol–water partition coefficient (Wildman–Crippen LogP) is 2.63. The average Bonchev–Trinajstić information content (AvgIpc) is 2.43. The number of rotatable bonds is 7. The normalized spacial score (nSPS) is 11.6. The number of amides is 2. The fourth-order valence-electron chi connectivity index (χ4n) is 1.96. The SMILES string of the molecule is CCCC(CNC(=O)Nc1cc(C)ccc1OC)C(=O)O. The first-order valence-electron chi connectivity index (χ1n) is 6.90. The molecule has 1 aromatic carbocycles. The van der Waals surface area contributed by atoms with Crippen LogP contribution in [-0.4, -0.2) is 30.8 Å². The van der Waals surface area contributed by atoms with Gasteiger partial charge >= 0.3 is 12.0 Å². The maximum atomic E-state index is 11.9. The Morgan fingerprint density at radius 3 is 2.67 bits per heavy atom. The van der Waals surface area contributed by atoms with Gasteiger partial charge in [0.2, 0.25) is 0 Å². The van der Waals surface area contributed by atoms with Crippen LogP contribution < -0.4 is 15.4 Å². The zero-order valence-electron chi connectivity index (χ0n) is 12.6. The number of carbonyl (C=O) groups excluding carboxylic acids is 1. The second-order valence-electron chi connectivity index (χ2n) is 4.86. The molecule has 0 fully saturated rings. The minimum absolute atomic E-state index is 0.100. The largest absolute Gasteiger partial charge is 0.495 e. The number of anilines is 1. The van der Waals surface area contributed by atoms with Crippen LogP contribution in [0, 0.1) is 12.8 Å². The number of ether oxygens (including phenoxy) is 1. The Labute approximate surface area is 124 Å². The van der Waals surface area contributed by atoms with Crippen molar-refractivity contribution >= 4 is 17.7 Å². The summed E-state index contributed by atoms with van der Waals surface area (Å²) in [5.41, 5.74) is 1.54. The lowest BCUT2D eigenvalue weighted by molar-refractivity contribution is -0.141. The Bertz CT molecular complexity index is 502. The summed E-state index contributed by atoms with van der Waals surface area (Å²) in [7, 11) is 1.52. The van der Waals surface area contributed by atoms with Crippen molar-refractivity contribution in [2.75, 3.05) is 19.0 Å². The molecule has 0 heterocycles. The van der Waals surface area contributed by atoms with E-state index in [4.69, 9.17) is 9.84 Å². The second kappa shape index (κ2) is 8.14. The third-order valence-electron chi connectivity index (χ3n) is 3.10. The van der Waals surface area contributed by atoms with Gasteiger partial charge in [-0.05, 0) is 31.0 Å². The van der Waals surface area contributed by atoms with E-state index >= 15 is 0 Å². The highest BCUT2D eigenvalue weighted by Crippen LogP contribution is 2.24. The Balaban J connectivity index is 2.61. The van der Waals surface area contributed by atoms with E-state index in [9.17, 15) is 9.59 Å². The molecule has 116 valence electrons. The van der Waals surface area contributed by atoms with E-state index in [0.29, 0.717) is 17.9 Å². The summed E-state index contributed by atoms with van der Waals surface area (Å²) in [6.07, 6.45) is 1.29. The van der Waals surface area contributed by atoms with Gasteiger partial charge in [0.05, 0.1) is 18.7 Å². The molecule has 0 bridgehead atoms. The van der Waals surface area contributed by atoms with Crippen molar-refractivity contribution in [1.82, 2.24) is 5.32 Å². The first-order chi connectivity index (χ1) is 9.97. The van der Waals surface area contributed by atoms with Crippen LogP contribution in [0.4, 0.5) is 10.5 Å². The molecular weight excluding hydrogens is 272 g/mol. The smallest absolute Gasteiger partial charge is 0.319 e. The lowest BCUT2D eigenvalue weighted by atomic mass is 10.0. The maximum Gasteiger partial charge on any atom is 0.319 e. The molecule has 1 unspecified atom stereocenters. The van der Waals surface area contributed by atoms with Gasteiger partial charge in [0.15, 0.2) is 0 Å². The van der Waals surface area contributed by atoms with Gasteiger partial charge in [-0.15, -0.1) is 0 Å². The molecular formula is C15H22N2O4. The van der Waals surface area contributed by atoms with Crippen LogP contribution in [0.5, 0.6) is 5.75 Å². The number of carbonyl (C=O) groups is 2. The van der Waals surface area contributed by atoms with E-state index in [0.717, 1.165) is 12.0 Å². The van der Waals surface area contributed by atoms with Crippen molar-refractivity contribution in [1.29, 1.82) is 0 Å². The molecule has 0 aliphatic heterocycles. The molecule has 0 spiro atoms. The molecule has 0 aliphatic rings. The van der Waals surface area contributed by atoms with E-state index in [1.54, 1.807) is 12.1 Å². The number of hydrogen-bond acceptors (Lipinski definition) is 3. The van der Waals surface area contributed by atoms with E-state index in [-0.39, 0.29) is 6.54 Å². The summed E-state index contributed by atoms with van der Waals surface area (Å²) in [4.78, 5) is 22.9. The molecule has 0 aliphatic carbocycles. The lowest BCUT2D eigenvalue weighted by Gasteiger charge is -2.14. The number of aliphatic carboxylic acids is 1. The van der Waals surface area contributed by atoms with Gasteiger partial charge in [-0.2, -0.15) is 0 Å². The van der Waals surface area contributed by atoms with Crippen LogP contribution >= 0.6 is 0 Å². The number of urea groups is 1. The van der Waals surface area contributed by atoms with E-state index in [1.807, 2.05) is 19.9 Å². The average molecular weight is 294 g/mol. The topological polar surface area (TPSA) is 87.7 Å². The van der Waals surface area contributed by atoms with Gasteiger partial charge in [0, 0.05) is 6.54 Å². The number of benzene rings is 1. The molecule has 6 nitrogen and oxygen atoms in total. The van der Waals surface area contributed by atoms with Gasteiger partial charge in [0.1, 0.15) is 5.75 Å². The second-order valence-corrected chi connectivity index (χ2v) is 4.86. The highest BCUT2D eigenvalue weighted by atomic mass is 16.5. The van der Waals surface area contributed by atoms with Crippen molar-refractivity contribution in [3.8, 4) is 5.75 Å². The highest BCUT2D eigenvalue weighted by Gasteiger charge is 2.17. The van der Waals surface area contributed by atoms with Crippen LogP contribution in [0.2, 0.25) is 0 Å². The van der Waals surface area contributed by atoms with Crippen LogP contribution in [-0.2, 0) is 4.79 Å². The first-order valence-corrected chi connectivity index (χ1v) is 6.90. The Kier molecular flexibility index (Phi) is 6.52. The Hall–Kier alpha value is -2.24. The Morgan fingerprint density at radius 1 is 1.38 bits per heavy atom. The van der Waals surface area contributed by atoms with Gasteiger partial charge in [-0.1, -0.05) is 19.4 Å². The van der Waals surface area contributed by atoms with Gasteiger partial charge in [0.25, 0.3) is 0 Å². The molecule has 21 heavy (non-hydrogen) atoms. The third-order valence-corrected chi connectivity index (χ3v) is 3.10. The summed E-state index contributed by atoms with van der Waals surface area (Å²) in [6.45, 7) is 3.92. The third kappa shape index (κ3) is 5.33. The Morgan fingerprint density at radius 2 is 2.10 bits per heavy atom. The number of methoxy groups -OCH3 is 1. The van der Waals surface area contributed by atoms with Crippen molar-refractivity contribution in [3.05, 3.63) is 23.8 Å². The van der Waals surface area contributed by atoms with Crippen molar-refractivity contribution in [2.45, 2.75) is 26.7 Å². The molecule has 0 aromatic heterocycles. The van der Waals surface area contributed by atoms with Gasteiger partial charge in [-0.3, -0.25) is 4.79 Å². The summed E-state index contributed by atoms with van der Waals surface area (Å²) in [5.74, 6) is -0.912. The maximum absolute atomic E-state index is 11.9. The van der Waals surface area contributed by atoms with E-state index < -0.39 is 17.9 Å².